The van der Waals surface area contributed by atoms with Crippen LogP contribution in [0.4, 0.5) is 0 Å². The standard InChI is InChI=1S/C30H38N4O4S/c1-6-33(7-2)10-15-38-25-18-23-22(17-26(25)39(36)34-11-13-37-14-12-34)28(35)27-21-9-8-20(19-31-5)16-24(21)32-29(27)30(23,3)4/h8-9,16-19,32H,6-7,10-15H2,1-5H3. The number of hydrogen-bond donors (Lipinski definition) is 1. The normalized spacial score (nSPS) is 18.1. The molecule has 39 heavy (non-hydrogen) atoms. The largest absolute Gasteiger partial charge is 0.491 e. The number of carbonyl (C=O) groups is 1. The van der Waals surface area contributed by atoms with Gasteiger partial charge >= 0.3 is 0 Å². The molecule has 1 aromatic heterocycles. The molecule has 2 aliphatic rings. The van der Waals surface area contributed by atoms with Crippen molar-refractivity contribution < 1.29 is 18.5 Å². The molecule has 0 saturated carbocycles. The van der Waals surface area contributed by atoms with E-state index < -0.39 is 16.4 Å². The highest BCUT2D eigenvalue weighted by Gasteiger charge is 2.41. The number of aliphatic imine (C=N–C) groups is 1. The lowest BCUT2D eigenvalue weighted by atomic mass is 9.71. The van der Waals surface area contributed by atoms with Crippen LogP contribution in [0.2, 0.25) is 0 Å². The van der Waals surface area contributed by atoms with Crippen LogP contribution < -0.4 is 4.74 Å². The second-order valence-corrected chi connectivity index (χ2v) is 12.0. The maximum atomic E-state index is 14.1. The van der Waals surface area contributed by atoms with Crippen LogP contribution in [0.5, 0.6) is 5.75 Å². The lowest BCUT2D eigenvalue weighted by Gasteiger charge is -2.33. The third kappa shape index (κ3) is 5.09. The monoisotopic (exact) mass is 550 g/mol. The van der Waals surface area contributed by atoms with E-state index in [-0.39, 0.29) is 5.78 Å². The van der Waals surface area contributed by atoms with Crippen molar-refractivity contribution >= 4 is 33.9 Å². The first kappa shape index (κ1) is 27.7. The number of rotatable bonds is 9. The predicted molar refractivity (Wildman–Crippen MR) is 156 cm³/mol. The number of nitrogens with zero attached hydrogens (tertiary/aromatic N) is 3. The minimum atomic E-state index is -1.48. The van der Waals surface area contributed by atoms with E-state index in [2.05, 4.69) is 42.6 Å². The van der Waals surface area contributed by atoms with Crippen LogP contribution in [0.25, 0.3) is 10.9 Å². The van der Waals surface area contributed by atoms with Gasteiger partial charge in [0.25, 0.3) is 0 Å². The van der Waals surface area contributed by atoms with Gasteiger partial charge in [0.2, 0.25) is 0 Å². The molecule has 0 spiro atoms. The molecule has 1 fully saturated rings. The molecule has 0 amide bonds. The number of aromatic amines is 1. The highest BCUT2D eigenvalue weighted by molar-refractivity contribution is 7.82. The zero-order valence-electron chi connectivity index (χ0n) is 23.5. The van der Waals surface area contributed by atoms with Crippen LogP contribution in [0.15, 0.2) is 40.2 Å². The van der Waals surface area contributed by atoms with Gasteiger partial charge in [-0.05, 0) is 42.4 Å². The second-order valence-electron chi connectivity index (χ2n) is 10.5. The third-order valence-corrected chi connectivity index (χ3v) is 9.44. The number of benzene rings is 2. The van der Waals surface area contributed by atoms with Gasteiger partial charge in [0.05, 0.1) is 23.7 Å². The minimum absolute atomic E-state index is 0.0580. The second kappa shape index (κ2) is 11.3. The summed E-state index contributed by atoms with van der Waals surface area (Å²) in [7, 11) is 0.266. The maximum absolute atomic E-state index is 14.1. The van der Waals surface area contributed by atoms with Gasteiger partial charge in [0, 0.05) is 60.5 Å². The summed E-state index contributed by atoms with van der Waals surface area (Å²) in [6, 6.07) is 9.75. The van der Waals surface area contributed by atoms with Crippen molar-refractivity contribution in [2.45, 2.75) is 38.0 Å². The fraction of sp³-hybridized carbons (Fsp3) is 0.467. The average molecular weight is 551 g/mol. The highest BCUT2D eigenvalue weighted by Crippen LogP contribution is 2.46. The zero-order chi connectivity index (χ0) is 27.7. The molecular weight excluding hydrogens is 512 g/mol. The smallest absolute Gasteiger partial charge is 0.195 e. The molecule has 0 radical (unpaired) electrons. The van der Waals surface area contributed by atoms with Gasteiger partial charge in [-0.2, -0.15) is 0 Å². The molecule has 9 heteroatoms. The maximum Gasteiger partial charge on any atom is 0.195 e. The molecule has 2 heterocycles. The minimum Gasteiger partial charge on any atom is -0.491 e. The van der Waals surface area contributed by atoms with E-state index in [4.69, 9.17) is 9.47 Å². The van der Waals surface area contributed by atoms with Crippen LogP contribution in [0.3, 0.4) is 0 Å². The molecule has 5 rings (SSSR count). The quantitative estimate of drug-likeness (QED) is 0.404. The number of likely N-dealkylation sites (N-methyl/N-ethyl adjacent to an activating group) is 1. The highest BCUT2D eigenvalue weighted by atomic mass is 32.2. The third-order valence-electron chi connectivity index (χ3n) is 7.91. The van der Waals surface area contributed by atoms with Crippen molar-refractivity contribution in [2.75, 3.05) is 59.6 Å². The Morgan fingerprint density at radius 1 is 1.18 bits per heavy atom. The van der Waals surface area contributed by atoms with Crippen molar-refractivity contribution in [3.05, 3.63) is 58.3 Å². The number of hydrogen-bond acceptors (Lipinski definition) is 6. The first-order valence-electron chi connectivity index (χ1n) is 13.7. The summed E-state index contributed by atoms with van der Waals surface area (Å²) in [5.41, 5.74) is 4.41. The Kier molecular flexibility index (Phi) is 8.05. The molecule has 3 aromatic rings. The van der Waals surface area contributed by atoms with E-state index in [1.165, 1.54) is 0 Å². The van der Waals surface area contributed by atoms with Gasteiger partial charge in [0.1, 0.15) is 23.3 Å². The summed E-state index contributed by atoms with van der Waals surface area (Å²) < 4.78 is 27.6. The molecule has 208 valence electrons. The number of fused-ring (bicyclic) bond motifs is 4. The molecule has 1 aliphatic heterocycles. The molecule has 1 atom stereocenters. The molecule has 1 aliphatic carbocycles. The van der Waals surface area contributed by atoms with Crippen molar-refractivity contribution in [3.63, 3.8) is 0 Å². The lowest BCUT2D eigenvalue weighted by molar-refractivity contribution is 0.0751. The Labute approximate surface area is 233 Å². The molecule has 0 bridgehead atoms. The van der Waals surface area contributed by atoms with Crippen molar-refractivity contribution in [3.8, 4) is 5.75 Å². The lowest BCUT2D eigenvalue weighted by Crippen LogP contribution is -2.38. The SMILES string of the molecule is CCN(CC)CCOc1cc2c(cc1S(=O)N1CCOCC1)C(=O)c1c([nH]c3cc(C=NC)ccc13)C2(C)C. The zero-order valence-corrected chi connectivity index (χ0v) is 24.3. The molecule has 8 nitrogen and oxygen atoms in total. The van der Waals surface area contributed by atoms with Crippen LogP contribution >= 0.6 is 0 Å². The van der Waals surface area contributed by atoms with E-state index in [1.54, 1.807) is 13.3 Å². The van der Waals surface area contributed by atoms with Crippen molar-refractivity contribution in [2.24, 2.45) is 4.99 Å². The fourth-order valence-electron chi connectivity index (χ4n) is 5.61. The van der Waals surface area contributed by atoms with Crippen LogP contribution in [0, 0.1) is 0 Å². The van der Waals surface area contributed by atoms with E-state index in [9.17, 15) is 9.00 Å². The van der Waals surface area contributed by atoms with Gasteiger partial charge in [-0.15, -0.1) is 0 Å². The summed E-state index contributed by atoms with van der Waals surface area (Å²) >= 11 is 0. The average Bonchev–Trinajstić information content (AvgIpc) is 3.34. The number of morpholine rings is 1. The Balaban J connectivity index is 1.61. The van der Waals surface area contributed by atoms with Gasteiger partial charge in [-0.1, -0.05) is 39.8 Å². The molecular formula is C30H38N4O4S. The number of nitrogens with one attached hydrogen (secondary N) is 1. The molecule has 1 saturated heterocycles. The fourth-order valence-corrected chi connectivity index (χ4v) is 6.88. The first-order valence-corrected chi connectivity index (χ1v) is 14.8. The summed E-state index contributed by atoms with van der Waals surface area (Å²) in [6.45, 7) is 13.8. The topological polar surface area (TPSA) is 87.2 Å². The van der Waals surface area contributed by atoms with Crippen molar-refractivity contribution in [1.29, 1.82) is 0 Å². The Bertz CT molecular complexity index is 1430. The summed E-state index contributed by atoms with van der Waals surface area (Å²) in [4.78, 5) is 24.6. The molecule has 1 N–H and O–H groups in total. The summed E-state index contributed by atoms with van der Waals surface area (Å²) in [5.74, 6) is 0.519. The van der Waals surface area contributed by atoms with E-state index in [1.807, 2.05) is 34.6 Å². The number of ketones is 1. The predicted octanol–water partition coefficient (Wildman–Crippen LogP) is 4.16. The number of H-pyrrole nitrogens is 1. The number of aromatic nitrogens is 1. The summed E-state index contributed by atoms with van der Waals surface area (Å²) in [6.07, 6.45) is 1.80. The van der Waals surface area contributed by atoms with E-state index in [0.29, 0.717) is 54.7 Å². The van der Waals surface area contributed by atoms with Gasteiger partial charge in [-0.3, -0.25) is 9.79 Å². The number of ether oxygens (including phenoxy) is 2. The Morgan fingerprint density at radius 3 is 2.62 bits per heavy atom. The van der Waals surface area contributed by atoms with Crippen LogP contribution in [-0.2, 0) is 21.1 Å². The van der Waals surface area contributed by atoms with Crippen LogP contribution in [0.1, 0.15) is 60.4 Å². The van der Waals surface area contributed by atoms with E-state index in [0.717, 1.165) is 47.4 Å². The van der Waals surface area contributed by atoms with Gasteiger partial charge in [0.15, 0.2) is 5.78 Å². The van der Waals surface area contributed by atoms with E-state index >= 15 is 0 Å². The van der Waals surface area contributed by atoms with Crippen LogP contribution in [-0.4, -0.2) is 90.0 Å². The molecule has 1 unspecified atom stereocenters. The van der Waals surface area contributed by atoms with Crippen molar-refractivity contribution in [1.82, 2.24) is 14.2 Å². The first-order chi connectivity index (χ1) is 18.8. The Morgan fingerprint density at radius 2 is 1.92 bits per heavy atom. The number of carbonyl (C=O) groups excluding carboxylic acids is 1. The Hall–Kier alpha value is -2.85. The van der Waals surface area contributed by atoms with Gasteiger partial charge < -0.3 is 19.4 Å². The molecule has 2 aromatic carbocycles. The summed E-state index contributed by atoms with van der Waals surface area (Å²) in [5, 5.41) is 0.886. The van der Waals surface area contributed by atoms with Gasteiger partial charge in [-0.25, -0.2) is 8.51 Å².